The summed E-state index contributed by atoms with van der Waals surface area (Å²) in [5.41, 5.74) is 3.47. The van der Waals surface area contributed by atoms with E-state index in [1.807, 2.05) is 18.2 Å². The second-order valence-electron chi connectivity index (χ2n) is 12.0. The number of likely N-dealkylation sites (tertiary alicyclic amines) is 1. The summed E-state index contributed by atoms with van der Waals surface area (Å²) in [7, 11) is 1.63. The molecule has 4 aromatic carbocycles. The van der Waals surface area contributed by atoms with Crippen LogP contribution in [0.2, 0.25) is 0 Å². The Kier molecular flexibility index (Phi) is 9.61. The molecule has 1 aromatic heterocycles. The van der Waals surface area contributed by atoms with E-state index < -0.39 is 18.0 Å². The average Bonchev–Trinajstić information content (AvgIpc) is 3.62. The minimum absolute atomic E-state index is 0.0841. The number of likely N-dealkylation sites (N-methyl/N-ethyl adjacent to an activating group) is 1. The molecule has 0 spiro atoms. The Morgan fingerprint density at radius 3 is 2.39 bits per heavy atom. The van der Waals surface area contributed by atoms with Crippen LogP contribution in [0.4, 0.5) is 15.0 Å². The van der Waals surface area contributed by atoms with Gasteiger partial charge in [-0.25, -0.2) is 14.2 Å². The zero-order valence-electron chi connectivity index (χ0n) is 26.7. The van der Waals surface area contributed by atoms with E-state index >= 15 is 0 Å². The first kappa shape index (κ1) is 32.8. The number of nitrogens with zero attached hydrogens (tertiary/aromatic N) is 3. The van der Waals surface area contributed by atoms with Crippen LogP contribution in [-0.2, 0) is 11.3 Å². The van der Waals surface area contributed by atoms with Crippen molar-refractivity contribution in [1.82, 2.24) is 20.1 Å². The molecule has 4 amide bonds. The molecule has 1 aliphatic rings. The fraction of sp³-hybridized carbons (Fsp3) is 0.184. The molecule has 5 aromatic rings. The number of halogens is 1. The number of fused-ring (bicyclic) bond motifs is 1. The first-order valence-corrected chi connectivity index (χ1v) is 15.8. The van der Waals surface area contributed by atoms with Crippen LogP contribution in [0.15, 0.2) is 109 Å². The molecule has 1 unspecified atom stereocenters. The van der Waals surface area contributed by atoms with Crippen LogP contribution in [0.1, 0.15) is 55.8 Å². The lowest BCUT2D eigenvalue weighted by Crippen LogP contribution is -2.41. The molecule has 2 heterocycles. The molecule has 1 aliphatic heterocycles. The van der Waals surface area contributed by atoms with Gasteiger partial charge in [-0.15, -0.1) is 0 Å². The summed E-state index contributed by atoms with van der Waals surface area (Å²) in [6.45, 7) is 0.977. The highest BCUT2D eigenvalue weighted by Crippen LogP contribution is 2.30. The van der Waals surface area contributed by atoms with E-state index in [4.69, 9.17) is 0 Å². The van der Waals surface area contributed by atoms with Gasteiger partial charge in [0.05, 0.1) is 5.52 Å². The third-order valence-electron chi connectivity index (χ3n) is 8.66. The fourth-order valence-electron chi connectivity index (χ4n) is 6.08. The first-order valence-electron chi connectivity index (χ1n) is 15.8. The molecule has 49 heavy (non-hydrogen) atoms. The van der Waals surface area contributed by atoms with Crippen LogP contribution in [0.3, 0.4) is 0 Å². The number of carbonyl (C=O) groups is 4. The van der Waals surface area contributed by atoms with Crippen molar-refractivity contribution >= 4 is 40.5 Å². The first-order chi connectivity index (χ1) is 23.7. The monoisotopic (exact) mass is 659 g/mol. The minimum Gasteiger partial charge on any atom is -0.465 e. The molecule has 0 saturated carbocycles. The number of rotatable bonds is 9. The molecule has 0 radical (unpaired) electrons. The van der Waals surface area contributed by atoms with Gasteiger partial charge in [0, 0.05) is 49.1 Å². The van der Waals surface area contributed by atoms with Gasteiger partial charge in [0.25, 0.3) is 11.8 Å². The maximum Gasteiger partial charge on any atom is 0.407 e. The minimum atomic E-state index is -0.971. The lowest BCUT2D eigenvalue weighted by atomic mass is 9.93. The Morgan fingerprint density at radius 2 is 1.65 bits per heavy atom. The van der Waals surface area contributed by atoms with E-state index in [9.17, 15) is 28.7 Å². The van der Waals surface area contributed by atoms with Crippen molar-refractivity contribution in [1.29, 1.82) is 0 Å². The largest absolute Gasteiger partial charge is 0.465 e. The Hall–Kier alpha value is -6.10. The van der Waals surface area contributed by atoms with Crippen molar-refractivity contribution in [2.75, 3.05) is 25.5 Å². The van der Waals surface area contributed by atoms with Crippen molar-refractivity contribution in [3.8, 4) is 0 Å². The third-order valence-corrected chi connectivity index (χ3v) is 8.66. The second-order valence-corrected chi connectivity index (χ2v) is 12.0. The SMILES string of the molecule is CN(Cc1ccc(F)cc1)C(=O)[C@@H](NC(=O)c1ccc2nc(NC(=O)c3ccccc3C3CCN(C(=O)O)C3)ccc2c1)c1ccccc1. The molecule has 0 bridgehead atoms. The number of pyridine rings is 1. The molecule has 1 saturated heterocycles. The number of anilines is 1. The van der Waals surface area contributed by atoms with Crippen molar-refractivity contribution in [3.63, 3.8) is 0 Å². The quantitative estimate of drug-likeness (QED) is 0.172. The Morgan fingerprint density at radius 1 is 0.918 bits per heavy atom. The van der Waals surface area contributed by atoms with Crippen molar-refractivity contribution in [3.05, 3.63) is 143 Å². The summed E-state index contributed by atoms with van der Waals surface area (Å²) in [6, 6.07) is 29.4. The van der Waals surface area contributed by atoms with Crippen LogP contribution in [0.25, 0.3) is 10.9 Å². The zero-order chi connectivity index (χ0) is 34.5. The summed E-state index contributed by atoms with van der Waals surface area (Å²) in [5, 5.41) is 15.7. The standard InChI is InChI=1S/C38H34FN5O5/c1-43(22-24-11-15-29(39)16-12-24)37(47)34(25-7-3-2-4-8-25)42-35(45)27-13-17-32-26(21-27)14-18-33(40-32)41-36(46)31-10-6-5-9-30(31)28-19-20-44(23-28)38(48)49/h2-18,21,28,34H,19-20,22-23H2,1H3,(H,42,45)(H,48,49)(H,40,41,46)/t28?,34-/m0/s1. The maximum atomic E-state index is 13.6. The molecule has 2 atom stereocenters. The number of hydrogen-bond donors (Lipinski definition) is 3. The fourth-order valence-corrected chi connectivity index (χ4v) is 6.08. The van der Waals surface area contributed by atoms with E-state index in [2.05, 4.69) is 15.6 Å². The number of aromatic nitrogens is 1. The molecule has 3 N–H and O–H groups in total. The van der Waals surface area contributed by atoms with Crippen LogP contribution in [0.5, 0.6) is 0 Å². The molecule has 11 heteroatoms. The van der Waals surface area contributed by atoms with Crippen molar-refractivity contribution in [2.24, 2.45) is 0 Å². The smallest absolute Gasteiger partial charge is 0.407 e. The Bertz CT molecular complexity index is 2020. The molecular formula is C38H34FN5O5. The van der Waals surface area contributed by atoms with Gasteiger partial charge in [0.2, 0.25) is 5.91 Å². The predicted octanol–water partition coefficient (Wildman–Crippen LogP) is 6.22. The van der Waals surface area contributed by atoms with Gasteiger partial charge in [-0.05, 0) is 71.6 Å². The number of benzene rings is 4. The van der Waals surface area contributed by atoms with Gasteiger partial charge >= 0.3 is 6.09 Å². The Balaban J connectivity index is 1.16. The van der Waals surface area contributed by atoms with Gasteiger partial charge in [0.1, 0.15) is 17.7 Å². The summed E-state index contributed by atoms with van der Waals surface area (Å²) in [4.78, 5) is 59.3. The highest BCUT2D eigenvalue weighted by atomic mass is 19.1. The summed E-state index contributed by atoms with van der Waals surface area (Å²) in [5.74, 6) is -1.27. The van der Waals surface area contributed by atoms with E-state index in [1.165, 1.54) is 21.9 Å². The van der Waals surface area contributed by atoms with E-state index in [0.29, 0.717) is 52.9 Å². The van der Waals surface area contributed by atoms with Crippen molar-refractivity contribution < 1.29 is 28.7 Å². The Labute approximate surface area is 282 Å². The van der Waals surface area contributed by atoms with E-state index in [0.717, 1.165) is 11.1 Å². The third kappa shape index (κ3) is 7.57. The summed E-state index contributed by atoms with van der Waals surface area (Å²) < 4.78 is 13.4. The van der Waals surface area contributed by atoms with Crippen molar-refractivity contribution in [2.45, 2.75) is 24.9 Å². The predicted molar refractivity (Wildman–Crippen MR) is 183 cm³/mol. The number of hydrogen-bond acceptors (Lipinski definition) is 5. The normalized spacial score (nSPS) is 14.7. The molecule has 6 rings (SSSR count). The van der Waals surface area contributed by atoms with Gasteiger partial charge in [-0.2, -0.15) is 0 Å². The second kappa shape index (κ2) is 14.3. The van der Waals surface area contributed by atoms with Gasteiger partial charge in [0.15, 0.2) is 0 Å². The lowest BCUT2D eigenvalue weighted by Gasteiger charge is -2.25. The van der Waals surface area contributed by atoms with Crippen LogP contribution >= 0.6 is 0 Å². The number of amides is 4. The zero-order valence-corrected chi connectivity index (χ0v) is 26.7. The average molecular weight is 660 g/mol. The molecule has 248 valence electrons. The highest BCUT2D eigenvalue weighted by molar-refractivity contribution is 6.06. The van der Waals surface area contributed by atoms with Gasteiger partial charge in [-0.1, -0.05) is 60.7 Å². The maximum absolute atomic E-state index is 13.6. The molecule has 1 fully saturated rings. The number of nitrogens with one attached hydrogen (secondary N) is 2. The van der Waals surface area contributed by atoms with Crippen LogP contribution in [-0.4, -0.2) is 63.8 Å². The highest BCUT2D eigenvalue weighted by Gasteiger charge is 2.30. The van der Waals surface area contributed by atoms with Crippen LogP contribution in [0, 0.1) is 5.82 Å². The van der Waals surface area contributed by atoms with Gasteiger partial charge < -0.3 is 25.5 Å². The van der Waals surface area contributed by atoms with Crippen LogP contribution < -0.4 is 10.6 Å². The van der Waals surface area contributed by atoms with Gasteiger partial charge in [-0.3, -0.25) is 14.4 Å². The lowest BCUT2D eigenvalue weighted by molar-refractivity contribution is -0.132. The topological polar surface area (TPSA) is 132 Å². The number of carbonyl (C=O) groups excluding carboxylic acids is 3. The molecule has 0 aliphatic carbocycles. The number of carboxylic acid groups (broad SMARTS) is 1. The van der Waals surface area contributed by atoms with E-state index in [1.54, 1.807) is 85.9 Å². The molecular weight excluding hydrogens is 625 g/mol. The summed E-state index contributed by atoms with van der Waals surface area (Å²) in [6.07, 6.45) is -0.339. The molecule has 10 nitrogen and oxygen atoms in total. The summed E-state index contributed by atoms with van der Waals surface area (Å²) >= 11 is 0. The van der Waals surface area contributed by atoms with E-state index in [-0.39, 0.29) is 30.1 Å².